The largest absolute Gasteiger partial charge is 0.354 e. The number of fused-ring (bicyclic) bond motifs is 1. The first-order valence-corrected chi connectivity index (χ1v) is 12.0. The van der Waals surface area contributed by atoms with Crippen molar-refractivity contribution < 1.29 is 8.42 Å². The predicted octanol–water partition coefficient (Wildman–Crippen LogP) is 2.72. The zero-order chi connectivity index (χ0) is 17.9. The van der Waals surface area contributed by atoms with Crippen LogP contribution in [-0.2, 0) is 9.84 Å². The molecule has 0 aromatic carbocycles. The smallest absolute Gasteiger partial charge is 0.191 e. The highest BCUT2D eigenvalue weighted by molar-refractivity contribution is 7.91. The lowest BCUT2D eigenvalue weighted by Gasteiger charge is -2.33. The molecule has 6 heteroatoms. The molecule has 0 bridgehead atoms. The quantitative estimate of drug-likeness (QED) is 0.577. The molecule has 2 N–H and O–H groups in total. The topological polar surface area (TPSA) is 70.6 Å². The summed E-state index contributed by atoms with van der Waals surface area (Å²) < 4.78 is 23.3. The molecule has 1 saturated heterocycles. The minimum atomic E-state index is -2.82. The number of nitrogens with one attached hydrogen (secondary N) is 2. The van der Waals surface area contributed by atoms with E-state index in [1.807, 2.05) is 0 Å². The first-order valence-electron chi connectivity index (χ1n) is 10.2. The predicted molar refractivity (Wildman–Crippen MR) is 104 cm³/mol. The Morgan fingerprint density at radius 3 is 2.68 bits per heavy atom. The van der Waals surface area contributed by atoms with Crippen molar-refractivity contribution in [3.63, 3.8) is 0 Å². The number of sulfone groups is 1. The van der Waals surface area contributed by atoms with Crippen molar-refractivity contribution in [3.05, 3.63) is 0 Å². The molecular formula is C19H35N3O2S. The second-order valence-electron chi connectivity index (χ2n) is 8.52. The average Bonchev–Trinajstić information content (AvgIpc) is 3.17. The Morgan fingerprint density at radius 1 is 1.16 bits per heavy atom. The SMILES string of the molecule is CCC(C)NC(=NCC1CCS(=O)(=O)C1)NC1CCC2CCCC2C1. The second kappa shape index (κ2) is 8.28. The van der Waals surface area contributed by atoms with Crippen LogP contribution in [0.15, 0.2) is 4.99 Å². The third kappa shape index (κ3) is 5.35. The summed E-state index contributed by atoms with van der Waals surface area (Å²) in [7, 11) is -2.82. The van der Waals surface area contributed by atoms with Crippen LogP contribution in [0.2, 0.25) is 0 Å². The number of nitrogens with zero attached hydrogens (tertiary/aromatic N) is 1. The van der Waals surface area contributed by atoms with E-state index in [1.165, 1.54) is 38.5 Å². The number of hydrogen-bond donors (Lipinski definition) is 2. The summed E-state index contributed by atoms with van der Waals surface area (Å²) >= 11 is 0. The van der Waals surface area contributed by atoms with Gasteiger partial charge in [-0.1, -0.05) is 26.2 Å². The Morgan fingerprint density at radius 2 is 1.96 bits per heavy atom. The van der Waals surface area contributed by atoms with Gasteiger partial charge < -0.3 is 10.6 Å². The Bertz CT molecular complexity index is 575. The molecule has 3 fully saturated rings. The van der Waals surface area contributed by atoms with Crippen LogP contribution in [0.5, 0.6) is 0 Å². The third-order valence-corrected chi connectivity index (χ3v) is 8.30. The Labute approximate surface area is 153 Å². The van der Waals surface area contributed by atoms with Crippen LogP contribution in [0.3, 0.4) is 0 Å². The minimum absolute atomic E-state index is 0.186. The van der Waals surface area contributed by atoms with E-state index in [-0.39, 0.29) is 5.92 Å². The molecule has 3 aliphatic rings. The van der Waals surface area contributed by atoms with E-state index in [4.69, 9.17) is 4.99 Å². The lowest BCUT2D eigenvalue weighted by Crippen LogP contribution is -2.48. The number of rotatable bonds is 5. The summed E-state index contributed by atoms with van der Waals surface area (Å²) in [6, 6.07) is 0.892. The van der Waals surface area contributed by atoms with Crippen LogP contribution in [0.25, 0.3) is 0 Å². The van der Waals surface area contributed by atoms with Crippen LogP contribution >= 0.6 is 0 Å². The molecule has 25 heavy (non-hydrogen) atoms. The highest BCUT2D eigenvalue weighted by atomic mass is 32.2. The van der Waals surface area contributed by atoms with E-state index in [2.05, 4.69) is 24.5 Å². The van der Waals surface area contributed by atoms with E-state index in [1.54, 1.807) is 0 Å². The lowest BCUT2D eigenvalue weighted by molar-refractivity contribution is 0.239. The van der Waals surface area contributed by atoms with Gasteiger partial charge in [0.2, 0.25) is 0 Å². The maximum atomic E-state index is 11.7. The van der Waals surface area contributed by atoms with Crippen molar-refractivity contribution >= 4 is 15.8 Å². The van der Waals surface area contributed by atoms with Crippen molar-refractivity contribution in [3.8, 4) is 0 Å². The summed E-state index contributed by atoms with van der Waals surface area (Å²) in [5, 5.41) is 7.18. The summed E-state index contributed by atoms with van der Waals surface area (Å²) in [5.74, 6) is 3.58. The molecule has 1 heterocycles. The molecule has 144 valence electrons. The fraction of sp³-hybridized carbons (Fsp3) is 0.947. The molecule has 0 aromatic rings. The Hall–Kier alpha value is -0.780. The molecule has 0 aromatic heterocycles. The van der Waals surface area contributed by atoms with Gasteiger partial charge in [0.05, 0.1) is 11.5 Å². The van der Waals surface area contributed by atoms with E-state index >= 15 is 0 Å². The maximum absolute atomic E-state index is 11.7. The highest BCUT2D eigenvalue weighted by Crippen LogP contribution is 2.42. The van der Waals surface area contributed by atoms with Gasteiger partial charge in [0.1, 0.15) is 0 Å². The lowest BCUT2D eigenvalue weighted by atomic mass is 9.79. The van der Waals surface area contributed by atoms with E-state index in [9.17, 15) is 8.42 Å². The molecule has 5 nitrogen and oxygen atoms in total. The molecule has 5 atom stereocenters. The zero-order valence-electron chi connectivity index (χ0n) is 15.8. The van der Waals surface area contributed by atoms with E-state index in [0.29, 0.717) is 30.1 Å². The molecule has 0 spiro atoms. The molecule has 3 rings (SSSR count). The standard InChI is InChI=1S/C19H35N3O2S/c1-3-14(2)21-19(20-12-15-9-10-25(23,24)13-15)22-18-8-7-16-5-4-6-17(16)11-18/h14-18H,3-13H2,1-2H3,(H2,20,21,22). The fourth-order valence-electron chi connectivity index (χ4n) is 4.73. The zero-order valence-corrected chi connectivity index (χ0v) is 16.7. The van der Waals surface area contributed by atoms with Crippen molar-refractivity contribution in [1.29, 1.82) is 0 Å². The van der Waals surface area contributed by atoms with Crippen LogP contribution in [0.1, 0.15) is 65.2 Å². The summed E-state index contributed by atoms with van der Waals surface area (Å²) in [4.78, 5) is 4.77. The van der Waals surface area contributed by atoms with Crippen molar-refractivity contribution in [2.75, 3.05) is 18.1 Å². The highest BCUT2D eigenvalue weighted by Gasteiger charge is 2.34. The molecule has 0 radical (unpaired) electrons. The third-order valence-electron chi connectivity index (χ3n) is 6.46. The van der Waals surface area contributed by atoms with Crippen molar-refractivity contribution in [1.82, 2.24) is 10.6 Å². The van der Waals surface area contributed by atoms with Gasteiger partial charge in [0.25, 0.3) is 0 Å². The molecule has 2 aliphatic carbocycles. The molecule has 0 amide bonds. The minimum Gasteiger partial charge on any atom is -0.354 e. The van der Waals surface area contributed by atoms with E-state index < -0.39 is 9.84 Å². The van der Waals surface area contributed by atoms with Gasteiger partial charge in [-0.25, -0.2) is 8.42 Å². The van der Waals surface area contributed by atoms with Gasteiger partial charge in [-0.05, 0) is 56.8 Å². The maximum Gasteiger partial charge on any atom is 0.191 e. The van der Waals surface area contributed by atoms with Crippen LogP contribution in [0.4, 0.5) is 0 Å². The molecule has 1 aliphatic heterocycles. The van der Waals surface area contributed by atoms with Gasteiger partial charge in [0.15, 0.2) is 15.8 Å². The summed E-state index contributed by atoms with van der Waals surface area (Å²) in [5.41, 5.74) is 0. The summed E-state index contributed by atoms with van der Waals surface area (Å²) in [6.07, 6.45) is 9.89. The van der Waals surface area contributed by atoms with Crippen LogP contribution in [-0.4, -0.2) is 44.5 Å². The molecule has 5 unspecified atom stereocenters. The van der Waals surface area contributed by atoms with Crippen molar-refractivity contribution in [2.24, 2.45) is 22.7 Å². The molecular weight excluding hydrogens is 334 g/mol. The Kier molecular flexibility index (Phi) is 6.29. The Balaban J connectivity index is 1.57. The summed E-state index contributed by atoms with van der Waals surface area (Å²) in [6.45, 7) is 4.96. The first-order chi connectivity index (χ1) is 11.9. The van der Waals surface area contributed by atoms with Gasteiger partial charge in [-0.2, -0.15) is 0 Å². The fourth-order valence-corrected chi connectivity index (χ4v) is 6.58. The first kappa shape index (κ1) is 19.0. The number of aliphatic imine (C=N–C) groups is 1. The normalized spacial score (nSPS) is 36.0. The molecule has 2 saturated carbocycles. The van der Waals surface area contributed by atoms with Gasteiger partial charge >= 0.3 is 0 Å². The monoisotopic (exact) mass is 369 g/mol. The van der Waals surface area contributed by atoms with Gasteiger partial charge in [-0.3, -0.25) is 4.99 Å². The second-order valence-corrected chi connectivity index (χ2v) is 10.7. The van der Waals surface area contributed by atoms with E-state index in [0.717, 1.165) is 30.6 Å². The van der Waals surface area contributed by atoms with Gasteiger partial charge in [-0.15, -0.1) is 0 Å². The number of hydrogen-bond acceptors (Lipinski definition) is 3. The van der Waals surface area contributed by atoms with Crippen LogP contribution in [0, 0.1) is 17.8 Å². The van der Waals surface area contributed by atoms with Gasteiger partial charge in [0, 0.05) is 18.6 Å². The van der Waals surface area contributed by atoms with Crippen LogP contribution < -0.4 is 10.6 Å². The number of guanidine groups is 1. The van der Waals surface area contributed by atoms with Crippen molar-refractivity contribution in [2.45, 2.75) is 77.3 Å². The average molecular weight is 370 g/mol.